The van der Waals surface area contributed by atoms with Crippen molar-refractivity contribution in [2.24, 2.45) is 11.8 Å². The van der Waals surface area contributed by atoms with E-state index in [2.05, 4.69) is 38.2 Å². The third-order valence-corrected chi connectivity index (χ3v) is 4.15. The van der Waals surface area contributed by atoms with Gasteiger partial charge in [-0.3, -0.25) is 0 Å². The lowest BCUT2D eigenvalue weighted by atomic mass is 9.84. The highest BCUT2D eigenvalue weighted by atomic mass is 14.9. The van der Waals surface area contributed by atoms with Crippen LogP contribution in [0.25, 0.3) is 0 Å². The lowest BCUT2D eigenvalue weighted by Crippen LogP contribution is -2.35. The molecule has 0 bridgehead atoms. The van der Waals surface area contributed by atoms with Gasteiger partial charge in [-0.1, -0.05) is 32.9 Å². The summed E-state index contributed by atoms with van der Waals surface area (Å²) in [4.78, 5) is 0. The number of hydrogen-bond donors (Lipinski definition) is 2. The van der Waals surface area contributed by atoms with Gasteiger partial charge in [-0.15, -0.1) is 0 Å². The number of nitrogens with one attached hydrogen (secondary N) is 1. The van der Waals surface area contributed by atoms with Gasteiger partial charge in [0.05, 0.1) is 0 Å². The van der Waals surface area contributed by atoms with Crippen LogP contribution < -0.4 is 11.1 Å². The second-order valence-electron chi connectivity index (χ2n) is 6.45. The topological polar surface area (TPSA) is 38.0 Å². The predicted molar refractivity (Wildman–Crippen MR) is 78.6 cm³/mol. The molecule has 1 aromatic rings. The van der Waals surface area contributed by atoms with Crippen LogP contribution in [0.5, 0.6) is 0 Å². The Bertz CT molecular complexity index is 377. The Kier molecular flexibility index (Phi) is 3.96. The number of nitrogen functional groups attached to an aromatic ring is 1. The molecule has 1 aliphatic rings. The zero-order chi connectivity index (χ0) is 13.2. The Morgan fingerprint density at radius 1 is 1.28 bits per heavy atom. The molecule has 2 rings (SSSR count). The van der Waals surface area contributed by atoms with Crippen LogP contribution in [0.15, 0.2) is 24.3 Å². The number of nitrogens with two attached hydrogens (primary N) is 1. The van der Waals surface area contributed by atoms with Crippen molar-refractivity contribution in [3.63, 3.8) is 0 Å². The molecule has 0 amide bonds. The summed E-state index contributed by atoms with van der Waals surface area (Å²) in [5.41, 5.74) is 8.09. The molecule has 18 heavy (non-hydrogen) atoms. The van der Waals surface area contributed by atoms with Crippen molar-refractivity contribution in [1.82, 2.24) is 5.32 Å². The molecular weight excluding hydrogens is 220 g/mol. The third-order valence-electron chi connectivity index (χ3n) is 4.15. The Morgan fingerprint density at radius 2 is 1.89 bits per heavy atom. The first-order valence-corrected chi connectivity index (χ1v) is 7.06. The highest BCUT2D eigenvalue weighted by molar-refractivity contribution is 5.41. The normalized spacial score (nSPS) is 17.7. The van der Waals surface area contributed by atoms with E-state index in [0.717, 1.165) is 30.6 Å². The average Bonchev–Trinajstić information content (AvgIpc) is 3.13. The van der Waals surface area contributed by atoms with Gasteiger partial charge in [0, 0.05) is 17.6 Å². The number of hydrogen-bond acceptors (Lipinski definition) is 2. The average molecular weight is 246 g/mol. The maximum absolute atomic E-state index is 5.73. The van der Waals surface area contributed by atoms with Crippen LogP contribution in [-0.2, 0) is 5.41 Å². The molecule has 1 unspecified atom stereocenters. The molecule has 2 nitrogen and oxygen atoms in total. The van der Waals surface area contributed by atoms with E-state index in [1.54, 1.807) is 0 Å². The molecule has 1 saturated carbocycles. The molecule has 1 atom stereocenters. The minimum Gasteiger partial charge on any atom is -0.399 e. The zero-order valence-electron chi connectivity index (χ0n) is 11.9. The molecule has 0 spiro atoms. The number of rotatable bonds is 6. The second kappa shape index (κ2) is 5.31. The van der Waals surface area contributed by atoms with Crippen molar-refractivity contribution in [2.75, 3.05) is 18.8 Å². The van der Waals surface area contributed by atoms with Gasteiger partial charge in [-0.25, -0.2) is 0 Å². The molecule has 100 valence electrons. The van der Waals surface area contributed by atoms with Crippen molar-refractivity contribution < 1.29 is 0 Å². The van der Waals surface area contributed by atoms with E-state index in [-0.39, 0.29) is 5.41 Å². The summed E-state index contributed by atoms with van der Waals surface area (Å²) in [6.07, 6.45) is 2.87. The zero-order valence-corrected chi connectivity index (χ0v) is 11.9. The van der Waals surface area contributed by atoms with E-state index in [1.165, 1.54) is 18.4 Å². The first-order valence-electron chi connectivity index (χ1n) is 7.06. The van der Waals surface area contributed by atoms with Crippen LogP contribution in [0.2, 0.25) is 0 Å². The predicted octanol–water partition coefficient (Wildman–Crippen LogP) is 3.18. The van der Waals surface area contributed by atoms with Gasteiger partial charge in [0.15, 0.2) is 0 Å². The van der Waals surface area contributed by atoms with Crippen LogP contribution >= 0.6 is 0 Å². The monoisotopic (exact) mass is 246 g/mol. The molecular formula is C16H26N2. The lowest BCUT2D eigenvalue weighted by molar-refractivity contribution is 0.409. The van der Waals surface area contributed by atoms with Gasteiger partial charge >= 0.3 is 0 Å². The quantitative estimate of drug-likeness (QED) is 0.757. The molecule has 3 N–H and O–H groups in total. The van der Waals surface area contributed by atoms with Gasteiger partial charge in [0.1, 0.15) is 0 Å². The smallest absolute Gasteiger partial charge is 0.0314 e. The maximum Gasteiger partial charge on any atom is 0.0314 e. The third kappa shape index (κ3) is 3.49. The fourth-order valence-electron chi connectivity index (χ4n) is 2.48. The van der Waals surface area contributed by atoms with E-state index >= 15 is 0 Å². The van der Waals surface area contributed by atoms with Crippen molar-refractivity contribution in [1.29, 1.82) is 0 Å². The second-order valence-corrected chi connectivity index (χ2v) is 6.45. The first-order chi connectivity index (χ1) is 8.49. The summed E-state index contributed by atoms with van der Waals surface area (Å²) in [6.45, 7) is 9.10. The standard InChI is InChI=1S/C16H26N2/c1-12(13-4-5-13)10-18-11-16(2,3)14-6-8-15(17)9-7-14/h6-9,12-13,18H,4-5,10-11,17H2,1-3H3. The van der Waals surface area contributed by atoms with Crippen molar-refractivity contribution in [3.8, 4) is 0 Å². The molecule has 1 aliphatic carbocycles. The molecule has 1 fully saturated rings. The summed E-state index contributed by atoms with van der Waals surface area (Å²) in [5.74, 6) is 1.81. The number of benzene rings is 1. The van der Waals surface area contributed by atoms with E-state index in [1.807, 2.05) is 12.1 Å². The van der Waals surface area contributed by atoms with Crippen LogP contribution in [0, 0.1) is 11.8 Å². The Morgan fingerprint density at radius 3 is 2.44 bits per heavy atom. The first kappa shape index (κ1) is 13.4. The largest absolute Gasteiger partial charge is 0.399 e. The van der Waals surface area contributed by atoms with Gasteiger partial charge in [-0.2, -0.15) is 0 Å². The summed E-state index contributed by atoms with van der Waals surface area (Å²) in [5, 5.41) is 3.63. The Labute approximate surface area is 111 Å². The van der Waals surface area contributed by atoms with Crippen LogP contribution in [-0.4, -0.2) is 13.1 Å². The summed E-state index contributed by atoms with van der Waals surface area (Å²) in [7, 11) is 0. The molecule has 0 aromatic heterocycles. The van der Waals surface area contributed by atoms with Gasteiger partial charge in [0.2, 0.25) is 0 Å². The SMILES string of the molecule is CC(CNCC(C)(C)c1ccc(N)cc1)C1CC1. The molecule has 0 radical (unpaired) electrons. The molecule has 0 aliphatic heterocycles. The minimum atomic E-state index is 0.164. The van der Waals surface area contributed by atoms with E-state index in [0.29, 0.717) is 0 Å². The molecule has 2 heteroatoms. The highest BCUT2D eigenvalue weighted by Gasteiger charge is 2.28. The Balaban J connectivity index is 1.84. The fraction of sp³-hybridized carbons (Fsp3) is 0.625. The number of anilines is 1. The van der Waals surface area contributed by atoms with Crippen molar-refractivity contribution >= 4 is 5.69 Å². The van der Waals surface area contributed by atoms with E-state index < -0.39 is 0 Å². The Hall–Kier alpha value is -1.02. The van der Waals surface area contributed by atoms with E-state index in [9.17, 15) is 0 Å². The molecule has 0 heterocycles. The molecule has 1 aromatic carbocycles. The lowest BCUT2D eigenvalue weighted by Gasteiger charge is -2.27. The van der Waals surface area contributed by atoms with E-state index in [4.69, 9.17) is 5.73 Å². The highest BCUT2D eigenvalue weighted by Crippen LogP contribution is 2.36. The van der Waals surface area contributed by atoms with Crippen molar-refractivity contribution in [3.05, 3.63) is 29.8 Å². The van der Waals surface area contributed by atoms with Crippen LogP contribution in [0.4, 0.5) is 5.69 Å². The maximum atomic E-state index is 5.73. The van der Waals surface area contributed by atoms with Gasteiger partial charge in [0.25, 0.3) is 0 Å². The van der Waals surface area contributed by atoms with Gasteiger partial charge < -0.3 is 11.1 Å². The van der Waals surface area contributed by atoms with Gasteiger partial charge in [-0.05, 0) is 48.9 Å². The minimum absolute atomic E-state index is 0.164. The summed E-state index contributed by atoms with van der Waals surface area (Å²) in [6, 6.07) is 8.26. The molecule has 0 saturated heterocycles. The van der Waals surface area contributed by atoms with Crippen molar-refractivity contribution in [2.45, 2.75) is 39.0 Å². The fourth-order valence-corrected chi connectivity index (χ4v) is 2.48. The summed E-state index contributed by atoms with van der Waals surface area (Å²) < 4.78 is 0. The van der Waals surface area contributed by atoms with Crippen LogP contribution in [0.1, 0.15) is 39.2 Å². The summed E-state index contributed by atoms with van der Waals surface area (Å²) >= 11 is 0. The van der Waals surface area contributed by atoms with Crippen LogP contribution in [0.3, 0.4) is 0 Å².